The normalized spacial score (nSPS) is 11.0. The number of aliphatic hydroxyl groups is 1. The largest absolute Gasteiger partial charge is 0.508 e. The van der Waals surface area contributed by atoms with Crippen molar-refractivity contribution in [3.8, 4) is 11.5 Å². The van der Waals surface area contributed by atoms with Crippen LogP contribution in [0, 0.1) is 0 Å². The molecule has 0 amide bonds. The molecule has 6 nitrogen and oxygen atoms in total. The molecule has 0 aliphatic rings. The molecule has 0 atom stereocenters. The van der Waals surface area contributed by atoms with Crippen LogP contribution in [0.25, 0.3) is 5.76 Å². The number of hydrogen-bond acceptors (Lipinski definition) is 5. The van der Waals surface area contributed by atoms with Gasteiger partial charge in [-0.05, 0) is 17.7 Å². The molecule has 0 spiro atoms. The number of carboxylic acids is 1. The number of carbonyl (C=O) groups is 2. The average Bonchev–Trinajstić information content (AvgIpc) is 2.53. The maximum absolute atomic E-state index is 11.1. The van der Waals surface area contributed by atoms with Gasteiger partial charge in [0.25, 0.3) is 5.78 Å². The summed E-state index contributed by atoms with van der Waals surface area (Å²) in [5.74, 6) is -3.44. The number of aliphatic carboxylic acids is 1. The molecule has 0 aromatic heterocycles. The minimum absolute atomic E-state index is 0.0719. The number of ketones is 1. The molecular formula is C17H14O6. The van der Waals surface area contributed by atoms with Crippen LogP contribution in [-0.4, -0.2) is 27.1 Å². The second-order valence-electron chi connectivity index (χ2n) is 4.69. The van der Waals surface area contributed by atoms with E-state index in [1.165, 1.54) is 18.2 Å². The van der Waals surface area contributed by atoms with Gasteiger partial charge in [0.05, 0.1) is 0 Å². The highest BCUT2D eigenvalue weighted by Gasteiger charge is 2.12. The highest BCUT2D eigenvalue weighted by Crippen LogP contribution is 2.26. The molecule has 0 fully saturated rings. The van der Waals surface area contributed by atoms with Crippen molar-refractivity contribution >= 4 is 17.5 Å². The Morgan fingerprint density at radius 3 is 2.39 bits per heavy atom. The molecule has 6 heteroatoms. The number of aliphatic hydroxyl groups excluding tert-OH is 1. The Balaban J connectivity index is 2.18. The molecule has 2 aromatic rings. The van der Waals surface area contributed by atoms with Crippen molar-refractivity contribution < 1.29 is 29.6 Å². The lowest BCUT2D eigenvalue weighted by atomic mass is 10.1. The highest BCUT2D eigenvalue weighted by atomic mass is 16.5. The number of ether oxygens (including phenoxy) is 1. The van der Waals surface area contributed by atoms with E-state index in [0.717, 1.165) is 5.56 Å². The lowest BCUT2D eigenvalue weighted by Gasteiger charge is -2.09. The number of aromatic hydroxyl groups is 1. The van der Waals surface area contributed by atoms with Gasteiger partial charge in [0.15, 0.2) is 0 Å². The van der Waals surface area contributed by atoms with E-state index in [9.17, 15) is 19.8 Å². The predicted molar refractivity (Wildman–Crippen MR) is 82.1 cm³/mol. The molecule has 0 saturated carbocycles. The van der Waals surface area contributed by atoms with Crippen LogP contribution in [0.2, 0.25) is 0 Å². The van der Waals surface area contributed by atoms with Crippen molar-refractivity contribution in [1.82, 2.24) is 0 Å². The highest BCUT2D eigenvalue weighted by molar-refractivity contribution is 6.38. The van der Waals surface area contributed by atoms with Crippen LogP contribution in [0.5, 0.6) is 11.5 Å². The molecular weight excluding hydrogens is 300 g/mol. The zero-order chi connectivity index (χ0) is 16.8. The number of phenolic OH excluding ortho intramolecular Hbond substituents is 1. The van der Waals surface area contributed by atoms with E-state index in [1.807, 2.05) is 30.3 Å². The first kappa shape index (κ1) is 16.1. The third-order valence-corrected chi connectivity index (χ3v) is 2.91. The van der Waals surface area contributed by atoms with Crippen LogP contribution in [-0.2, 0) is 16.2 Å². The lowest BCUT2D eigenvalue weighted by Crippen LogP contribution is -2.09. The average molecular weight is 314 g/mol. The summed E-state index contributed by atoms with van der Waals surface area (Å²) < 4.78 is 5.52. The van der Waals surface area contributed by atoms with E-state index < -0.39 is 17.5 Å². The summed E-state index contributed by atoms with van der Waals surface area (Å²) in [5.41, 5.74) is 0.987. The molecule has 2 rings (SSSR count). The van der Waals surface area contributed by atoms with Crippen LogP contribution in [0.15, 0.2) is 54.6 Å². The molecule has 0 aliphatic heterocycles. The van der Waals surface area contributed by atoms with Crippen LogP contribution >= 0.6 is 0 Å². The molecule has 118 valence electrons. The monoisotopic (exact) mass is 314 g/mol. The van der Waals surface area contributed by atoms with Gasteiger partial charge in [0.2, 0.25) is 0 Å². The van der Waals surface area contributed by atoms with Crippen molar-refractivity contribution in [3.63, 3.8) is 0 Å². The smallest absolute Gasteiger partial charge is 0.376 e. The minimum Gasteiger partial charge on any atom is -0.508 e. The standard InChI is InChI=1S/C17H14O6/c18-13-6-12(15(19)9-16(20)17(21)22)7-14(8-13)23-10-11-4-2-1-3-5-11/h1-9,18-19H,10H2,(H,21,22)/b15-9-. The number of rotatable bonds is 6. The van der Waals surface area contributed by atoms with E-state index in [0.29, 0.717) is 6.08 Å². The Hall–Kier alpha value is -3.28. The zero-order valence-corrected chi connectivity index (χ0v) is 12.0. The van der Waals surface area contributed by atoms with Gasteiger partial charge in [0.1, 0.15) is 23.9 Å². The first-order valence-electron chi connectivity index (χ1n) is 6.65. The quantitative estimate of drug-likeness (QED) is 0.430. The number of benzene rings is 2. The fraction of sp³-hybridized carbons (Fsp3) is 0.0588. The molecule has 3 N–H and O–H groups in total. The van der Waals surface area contributed by atoms with Crippen LogP contribution < -0.4 is 4.74 Å². The van der Waals surface area contributed by atoms with E-state index in [-0.39, 0.29) is 23.7 Å². The molecule has 0 heterocycles. The van der Waals surface area contributed by atoms with Gasteiger partial charge in [-0.3, -0.25) is 4.79 Å². The minimum atomic E-state index is -1.68. The van der Waals surface area contributed by atoms with Crippen molar-refractivity contribution in [2.45, 2.75) is 6.61 Å². The molecule has 0 bridgehead atoms. The number of carboxylic acid groups (broad SMARTS) is 1. The number of phenols is 1. The Labute approximate surface area is 131 Å². The Bertz CT molecular complexity index is 749. The maximum atomic E-state index is 11.1. The molecule has 0 radical (unpaired) electrons. The summed E-state index contributed by atoms with van der Waals surface area (Å²) in [6, 6.07) is 13.3. The Kier molecular flexibility index (Phi) is 4.99. The van der Waals surface area contributed by atoms with Crippen molar-refractivity contribution in [2.75, 3.05) is 0 Å². The van der Waals surface area contributed by atoms with Gasteiger partial charge < -0.3 is 20.1 Å². The SMILES string of the molecule is O=C(O)C(=O)/C=C(\O)c1cc(O)cc(OCc2ccccc2)c1. The lowest BCUT2D eigenvalue weighted by molar-refractivity contribution is -0.146. The van der Waals surface area contributed by atoms with Crippen molar-refractivity contribution in [1.29, 1.82) is 0 Å². The third kappa shape index (κ3) is 4.60. The van der Waals surface area contributed by atoms with Gasteiger partial charge in [-0.25, -0.2) is 4.79 Å². The molecule has 2 aromatic carbocycles. The predicted octanol–water partition coefficient (Wildman–Crippen LogP) is 2.52. The van der Waals surface area contributed by atoms with Gasteiger partial charge in [0, 0.05) is 17.7 Å². The maximum Gasteiger partial charge on any atom is 0.376 e. The Morgan fingerprint density at radius 1 is 1.04 bits per heavy atom. The van der Waals surface area contributed by atoms with Gasteiger partial charge in [-0.1, -0.05) is 30.3 Å². The molecule has 0 aliphatic carbocycles. The van der Waals surface area contributed by atoms with E-state index in [4.69, 9.17) is 9.84 Å². The summed E-state index contributed by atoms with van der Waals surface area (Å²) in [7, 11) is 0. The van der Waals surface area contributed by atoms with E-state index >= 15 is 0 Å². The summed E-state index contributed by atoms with van der Waals surface area (Å²) in [4.78, 5) is 21.6. The first-order chi connectivity index (χ1) is 11.0. The summed E-state index contributed by atoms with van der Waals surface area (Å²) >= 11 is 0. The molecule has 0 unspecified atom stereocenters. The van der Waals surface area contributed by atoms with Crippen molar-refractivity contribution in [2.24, 2.45) is 0 Å². The molecule has 23 heavy (non-hydrogen) atoms. The fourth-order valence-electron chi connectivity index (χ4n) is 1.82. The summed E-state index contributed by atoms with van der Waals surface area (Å²) in [5, 5.41) is 28.0. The Morgan fingerprint density at radius 2 is 1.74 bits per heavy atom. The first-order valence-corrected chi connectivity index (χ1v) is 6.65. The van der Waals surface area contributed by atoms with Crippen LogP contribution in [0.4, 0.5) is 0 Å². The van der Waals surface area contributed by atoms with Crippen LogP contribution in [0.1, 0.15) is 11.1 Å². The van der Waals surface area contributed by atoms with Crippen LogP contribution in [0.3, 0.4) is 0 Å². The number of hydrogen-bond donors (Lipinski definition) is 3. The van der Waals surface area contributed by atoms with E-state index in [1.54, 1.807) is 0 Å². The van der Waals surface area contributed by atoms with Crippen molar-refractivity contribution in [3.05, 3.63) is 65.7 Å². The molecule has 0 saturated heterocycles. The second-order valence-corrected chi connectivity index (χ2v) is 4.69. The van der Waals surface area contributed by atoms with Gasteiger partial charge in [-0.15, -0.1) is 0 Å². The zero-order valence-electron chi connectivity index (χ0n) is 12.0. The second kappa shape index (κ2) is 7.13. The van der Waals surface area contributed by atoms with Gasteiger partial charge in [-0.2, -0.15) is 0 Å². The summed E-state index contributed by atoms with van der Waals surface area (Å²) in [6.07, 6.45) is 0.568. The van der Waals surface area contributed by atoms with E-state index in [2.05, 4.69) is 0 Å². The summed E-state index contributed by atoms with van der Waals surface area (Å²) in [6.45, 7) is 0.252. The fourth-order valence-corrected chi connectivity index (χ4v) is 1.82. The van der Waals surface area contributed by atoms with Gasteiger partial charge >= 0.3 is 5.97 Å². The third-order valence-electron chi connectivity index (χ3n) is 2.91. The topological polar surface area (TPSA) is 104 Å². The number of carbonyl (C=O) groups excluding carboxylic acids is 1.